The van der Waals surface area contributed by atoms with Crippen LogP contribution in [0.15, 0.2) is 54.6 Å². The first-order chi connectivity index (χ1) is 11.0. The number of carbonyl (C=O) groups is 2. The number of halogens is 2. The summed E-state index contributed by atoms with van der Waals surface area (Å²) in [5.41, 5.74) is 1.71. The van der Waals surface area contributed by atoms with Gasteiger partial charge in [-0.25, -0.2) is 4.79 Å². The van der Waals surface area contributed by atoms with Gasteiger partial charge in [-0.3, -0.25) is 4.79 Å². The molecular formula is C17H15Br2NO3. The highest BCUT2D eigenvalue weighted by molar-refractivity contribution is 9.12. The minimum absolute atomic E-state index is 0.200. The Hall–Kier alpha value is -1.66. The van der Waals surface area contributed by atoms with Gasteiger partial charge < -0.3 is 10.1 Å². The maximum Gasteiger partial charge on any atom is 0.339 e. The predicted octanol–water partition coefficient (Wildman–Crippen LogP) is 4.31. The van der Waals surface area contributed by atoms with Gasteiger partial charge in [0.05, 0.1) is 23.2 Å². The normalized spacial score (nSPS) is 13.0. The van der Waals surface area contributed by atoms with Crippen LogP contribution in [-0.2, 0) is 9.53 Å². The van der Waals surface area contributed by atoms with E-state index in [9.17, 15) is 9.59 Å². The standard InChI is InChI=1S/C17H15Br2NO3/c1-23-17(22)12-9-5-6-10-13(12)20-16(21)15(19)14(18)11-7-3-2-4-8-11/h2-10,14-15H,1H3,(H,20,21)/t14-,15+/m1/s1. The van der Waals surface area contributed by atoms with E-state index in [0.717, 1.165) is 5.56 Å². The number of esters is 1. The lowest BCUT2D eigenvalue weighted by atomic mass is 10.1. The third-order valence-electron chi connectivity index (χ3n) is 3.22. The van der Waals surface area contributed by atoms with Crippen molar-refractivity contribution in [3.8, 4) is 0 Å². The van der Waals surface area contributed by atoms with Crippen LogP contribution in [0.5, 0.6) is 0 Å². The molecular weight excluding hydrogens is 426 g/mol. The number of ether oxygens (including phenoxy) is 1. The van der Waals surface area contributed by atoms with Gasteiger partial charge in [-0.1, -0.05) is 74.3 Å². The van der Waals surface area contributed by atoms with E-state index in [-0.39, 0.29) is 10.7 Å². The largest absolute Gasteiger partial charge is 0.465 e. The molecule has 1 N–H and O–H groups in total. The molecule has 2 aromatic rings. The lowest BCUT2D eigenvalue weighted by Crippen LogP contribution is -2.27. The molecule has 0 aliphatic heterocycles. The first-order valence-corrected chi connectivity index (χ1v) is 8.69. The zero-order chi connectivity index (χ0) is 16.8. The number of amides is 1. The van der Waals surface area contributed by atoms with E-state index in [4.69, 9.17) is 4.74 Å². The summed E-state index contributed by atoms with van der Waals surface area (Å²) in [4.78, 5) is 23.5. The second-order valence-corrected chi connectivity index (χ2v) is 6.71. The molecule has 6 heteroatoms. The van der Waals surface area contributed by atoms with E-state index >= 15 is 0 Å². The second kappa shape index (κ2) is 8.26. The molecule has 120 valence electrons. The smallest absolute Gasteiger partial charge is 0.339 e. The Morgan fingerprint density at radius 3 is 2.26 bits per heavy atom. The van der Waals surface area contributed by atoms with E-state index in [0.29, 0.717) is 11.3 Å². The molecule has 0 saturated heterocycles. The zero-order valence-electron chi connectivity index (χ0n) is 12.3. The van der Waals surface area contributed by atoms with Crippen molar-refractivity contribution in [1.82, 2.24) is 0 Å². The summed E-state index contributed by atoms with van der Waals surface area (Å²) in [6.07, 6.45) is 0. The number of hydrogen-bond donors (Lipinski definition) is 1. The summed E-state index contributed by atoms with van der Waals surface area (Å²) in [7, 11) is 1.30. The highest BCUT2D eigenvalue weighted by Crippen LogP contribution is 2.32. The molecule has 0 aliphatic rings. The van der Waals surface area contributed by atoms with Crippen molar-refractivity contribution in [2.75, 3.05) is 12.4 Å². The lowest BCUT2D eigenvalue weighted by molar-refractivity contribution is -0.115. The number of hydrogen-bond acceptors (Lipinski definition) is 3. The van der Waals surface area contributed by atoms with Gasteiger partial charge >= 0.3 is 5.97 Å². The molecule has 23 heavy (non-hydrogen) atoms. The molecule has 0 heterocycles. The van der Waals surface area contributed by atoms with E-state index < -0.39 is 10.8 Å². The summed E-state index contributed by atoms with van der Waals surface area (Å²) in [6.45, 7) is 0. The predicted molar refractivity (Wildman–Crippen MR) is 97.2 cm³/mol. The molecule has 0 radical (unpaired) electrons. The van der Waals surface area contributed by atoms with Gasteiger partial charge in [-0.05, 0) is 17.7 Å². The van der Waals surface area contributed by atoms with Gasteiger partial charge in [0, 0.05) is 0 Å². The highest BCUT2D eigenvalue weighted by Gasteiger charge is 2.26. The molecule has 4 nitrogen and oxygen atoms in total. The van der Waals surface area contributed by atoms with Gasteiger partial charge in [-0.15, -0.1) is 0 Å². The number of alkyl halides is 2. The number of methoxy groups -OCH3 is 1. The maximum atomic E-state index is 12.5. The molecule has 2 aromatic carbocycles. The van der Waals surface area contributed by atoms with Crippen LogP contribution in [-0.4, -0.2) is 23.8 Å². The molecule has 0 spiro atoms. The Labute approximate surface area is 151 Å². The third-order valence-corrected chi connectivity index (χ3v) is 5.93. The van der Waals surface area contributed by atoms with Crippen LogP contribution in [0.25, 0.3) is 0 Å². The van der Waals surface area contributed by atoms with Crippen molar-refractivity contribution in [2.24, 2.45) is 0 Å². The van der Waals surface area contributed by atoms with Crippen LogP contribution in [0.3, 0.4) is 0 Å². The topological polar surface area (TPSA) is 55.4 Å². The van der Waals surface area contributed by atoms with E-state index in [1.807, 2.05) is 30.3 Å². The van der Waals surface area contributed by atoms with Crippen LogP contribution in [0, 0.1) is 0 Å². The molecule has 0 bridgehead atoms. The van der Waals surface area contributed by atoms with Crippen LogP contribution >= 0.6 is 31.9 Å². The average Bonchev–Trinajstić information content (AvgIpc) is 2.61. The fraction of sp³-hybridized carbons (Fsp3) is 0.176. The average molecular weight is 441 g/mol. The number of benzene rings is 2. The van der Waals surface area contributed by atoms with E-state index in [2.05, 4.69) is 37.2 Å². The van der Waals surface area contributed by atoms with Crippen LogP contribution in [0.2, 0.25) is 0 Å². The van der Waals surface area contributed by atoms with Crippen LogP contribution in [0.4, 0.5) is 5.69 Å². The molecule has 0 aliphatic carbocycles. The van der Waals surface area contributed by atoms with Crippen molar-refractivity contribution >= 4 is 49.4 Å². The quantitative estimate of drug-likeness (QED) is 0.556. The summed E-state index contributed by atoms with van der Waals surface area (Å²) in [6, 6.07) is 16.3. The molecule has 0 saturated carbocycles. The maximum absolute atomic E-state index is 12.5. The lowest BCUT2D eigenvalue weighted by Gasteiger charge is -2.18. The Morgan fingerprint density at radius 2 is 1.61 bits per heavy atom. The van der Waals surface area contributed by atoms with Crippen LogP contribution < -0.4 is 5.32 Å². The fourth-order valence-corrected chi connectivity index (χ4v) is 2.99. The number of carbonyl (C=O) groups excluding carboxylic acids is 2. The van der Waals surface area contributed by atoms with Gasteiger partial charge in [0.1, 0.15) is 4.83 Å². The number of anilines is 1. The molecule has 0 unspecified atom stereocenters. The van der Waals surface area contributed by atoms with Crippen molar-refractivity contribution in [3.05, 3.63) is 65.7 Å². The van der Waals surface area contributed by atoms with Gasteiger partial charge in [-0.2, -0.15) is 0 Å². The molecule has 0 fully saturated rings. The summed E-state index contributed by atoms with van der Waals surface area (Å²) >= 11 is 6.93. The Balaban J connectivity index is 2.15. The monoisotopic (exact) mass is 439 g/mol. The summed E-state index contributed by atoms with van der Waals surface area (Å²) in [5, 5.41) is 2.76. The Morgan fingerprint density at radius 1 is 1.00 bits per heavy atom. The first kappa shape index (κ1) is 17.7. The number of para-hydroxylation sites is 1. The van der Waals surface area contributed by atoms with Gasteiger partial charge in [0.15, 0.2) is 0 Å². The van der Waals surface area contributed by atoms with Gasteiger partial charge in [0.25, 0.3) is 0 Å². The van der Waals surface area contributed by atoms with Crippen LogP contribution in [0.1, 0.15) is 20.7 Å². The van der Waals surface area contributed by atoms with E-state index in [1.165, 1.54) is 7.11 Å². The Bertz CT molecular complexity index is 691. The molecule has 0 aromatic heterocycles. The fourth-order valence-electron chi connectivity index (χ4n) is 2.02. The van der Waals surface area contributed by atoms with Crippen molar-refractivity contribution in [1.29, 1.82) is 0 Å². The summed E-state index contributed by atoms with van der Waals surface area (Å²) < 4.78 is 4.72. The number of rotatable bonds is 5. The number of nitrogens with one attached hydrogen (secondary N) is 1. The SMILES string of the molecule is COC(=O)c1ccccc1NC(=O)[C@@H](Br)[C@H](Br)c1ccccc1. The molecule has 2 atom stereocenters. The van der Waals surface area contributed by atoms with Crippen molar-refractivity contribution in [3.63, 3.8) is 0 Å². The second-order valence-electron chi connectivity index (χ2n) is 4.74. The highest BCUT2D eigenvalue weighted by atomic mass is 79.9. The zero-order valence-corrected chi connectivity index (χ0v) is 15.5. The van der Waals surface area contributed by atoms with Crippen molar-refractivity contribution < 1.29 is 14.3 Å². The first-order valence-electron chi connectivity index (χ1n) is 6.86. The molecule has 1 amide bonds. The molecule has 2 rings (SSSR count). The van der Waals surface area contributed by atoms with Gasteiger partial charge in [0.2, 0.25) is 5.91 Å². The third kappa shape index (κ3) is 4.42. The van der Waals surface area contributed by atoms with Crippen molar-refractivity contribution in [2.45, 2.75) is 9.65 Å². The van der Waals surface area contributed by atoms with E-state index in [1.54, 1.807) is 24.3 Å². The summed E-state index contributed by atoms with van der Waals surface area (Å²) in [5.74, 6) is -0.752. The minimum Gasteiger partial charge on any atom is -0.465 e. The Kier molecular flexibility index (Phi) is 6.36. The minimum atomic E-state index is -0.504.